The molecule has 1 aromatic heterocycles. The predicted octanol–water partition coefficient (Wildman–Crippen LogP) is 4.90. The Kier molecular flexibility index (Phi) is 7.79. The summed E-state index contributed by atoms with van der Waals surface area (Å²) in [5.41, 5.74) is 1.89. The van der Waals surface area contributed by atoms with Crippen molar-refractivity contribution in [3.05, 3.63) is 71.1 Å². The van der Waals surface area contributed by atoms with Crippen molar-refractivity contribution in [2.45, 2.75) is 32.8 Å². The molecule has 0 saturated heterocycles. The number of allylic oxidation sites excluding steroid dienone is 2. The fraction of sp³-hybridized carbons (Fsp3) is 0.304. The van der Waals surface area contributed by atoms with E-state index in [1.165, 1.54) is 12.3 Å². The van der Waals surface area contributed by atoms with Crippen LogP contribution in [0.5, 0.6) is 0 Å². The first-order chi connectivity index (χ1) is 13.7. The van der Waals surface area contributed by atoms with Crippen LogP contribution in [0.25, 0.3) is 11.6 Å². The molecule has 29 heavy (non-hydrogen) atoms. The van der Waals surface area contributed by atoms with E-state index in [2.05, 4.69) is 15.3 Å². The number of aliphatic imine (C=N–C) groups is 1. The number of benzene rings is 1. The molecule has 2 rings (SSSR count). The highest BCUT2D eigenvalue weighted by Gasteiger charge is 2.14. The number of aliphatic hydroxyl groups is 1. The van der Waals surface area contributed by atoms with Gasteiger partial charge < -0.3 is 10.4 Å². The first kappa shape index (κ1) is 22.4. The molecule has 4 nitrogen and oxygen atoms in total. The number of halogens is 2. The number of aromatic nitrogens is 1. The van der Waals surface area contributed by atoms with Crippen molar-refractivity contribution in [3.8, 4) is 0 Å². The predicted molar refractivity (Wildman–Crippen MR) is 116 cm³/mol. The minimum Gasteiger partial charge on any atom is -0.390 e. The van der Waals surface area contributed by atoms with Gasteiger partial charge in [-0.1, -0.05) is 24.3 Å². The van der Waals surface area contributed by atoms with Gasteiger partial charge in [0.1, 0.15) is 11.6 Å². The van der Waals surface area contributed by atoms with Gasteiger partial charge in [0.15, 0.2) is 0 Å². The molecule has 1 aromatic carbocycles. The molecule has 0 aliphatic carbocycles. The van der Waals surface area contributed by atoms with Crippen LogP contribution in [0.2, 0.25) is 0 Å². The van der Waals surface area contributed by atoms with Crippen LogP contribution in [0.4, 0.5) is 14.5 Å². The van der Waals surface area contributed by atoms with E-state index in [9.17, 15) is 13.9 Å². The van der Waals surface area contributed by atoms with E-state index in [-0.39, 0.29) is 5.82 Å². The maximum Gasteiger partial charge on any atom is 0.149 e. The molecule has 154 valence electrons. The fourth-order valence-electron chi connectivity index (χ4n) is 2.97. The molecular weight excluding hydrogens is 372 g/mol. The van der Waals surface area contributed by atoms with Crippen molar-refractivity contribution in [1.82, 2.24) is 4.98 Å². The van der Waals surface area contributed by atoms with Gasteiger partial charge in [0.25, 0.3) is 0 Å². The zero-order chi connectivity index (χ0) is 21.4. The second-order valence-electron chi connectivity index (χ2n) is 7.30. The highest BCUT2D eigenvalue weighted by molar-refractivity contribution is 6.10. The Morgan fingerprint density at radius 2 is 2.00 bits per heavy atom. The minimum absolute atomic E-state index is 0.352. The third-order valence-electron chi connectivity index (χ3n) is 4.17. The molecule has 2 N–H and O–H groups in total. The van der Waals surface area contributed by atoms with E-state index in [1.807, 2.05) is 6.92 Å². The molecule has 0 fully saturated rings. The van der Waals surface area contributed by atoms with Gasteiger partial charge in [-0.25, -0.2) is 8.78 Å². The van der Waals surface area contributed by atoms with Gasteiger partial charge in [-0.15, -0.1) is 0 Å². The SMILES string of the molecule is C/C=C(\C=N/C)c1c(F)cncc1/C=C/CNc1ccc(CC(C)(C)O)cc1F. The smallest absolute Gasteiger partial charge is 0.149 e. The molecule has 0 amide bonds. The third-order valence-corrected chi connectivity index (χ3v) is 4.17. The van der Waals surface area contributed by atoms with Crippen LogP contribution >= 0.6 is 0 Å². The summed E-state index contributed by atoms with van der Waals surface area (Å²) in [5, 5.41) is 12.9. The summed E-state index contributed by atoms with van der Waals surface area (Å²) < 4.78 is 28.6. The van der Waals surface area contributed by atoms with Crippen LogP contribution in [-0.4, -0.2) is 35.5 Å². The Morgan fingerprint density at radius 1 is 1.24 bits per heavy atom. The van der Waals surface area contributed by atoms with Gasteiger partial charge in [0.05, 0.1) is 17.5 Å². The Bertz CT molecular complexity index is 928. The monoisotopic (exact) mass is 399 g/mol. The Balaban J connectivity index is 2.11. The van der Waals surface area contributed by atoms with Crippen LogP contribution < -0.4 is 5.32 Å². The summed E-state index contributed by atoms with van der Waals surface area (Å²) in [7, 11) is 1.63. The molecule has 0 atom stereocenters. The minimum atomic E-state index is -0.894. The molecule has 6 heteroatoms. The number of hydrogen-bond donors (Lipinski definition) is 2. The average molecular weight is 399 g/mol. The summed E-state index contributed by atoms with van der Waals surface area (Å²) >= 11 is 0. The van der Waals surface area contributed by atoms with Crippen molar-refractivity contribution < 1.29 is 13.9 Å². The maximum atomic E-state index is 14.3. The lowest BCUT2D eigenvalue weighted by Crippen LogP contribution is -2.21. The van der Waals surface area contributed by atoms with E-state index >= 15 is 0 Å². The summed E-state index contributed by atoms with van der Waals surface area (Å²) in [6, 6.07) is 4.85. The molecule has 0 radical (unpaired) electrons. The van der Waals surface area contributed by atoms with Crippen LogP contribution in [0, 0.1) is 11.6 Å². The van der Waals surface area contributed by atoms with Crippen LogP contribution in [-0.2, 0) is 6.42 Å². The molecule has 0 aliphatic heterocycles. The van der Waals surface area contributed by atoms with Crippen molar-refractivity contribution in [3.63, 3.8) is 0 Å². The fourth-order valence-corrected chi connectivity index (χ4v) is 2.97. The number of rotatable bonds is 8. The summed E-state index contributed by atoms with van der Waals surface area (Å²) in [4.78, 5) is 7.88. The van der Waals surface area contributed by atoms with Gasteiger partial charge in [0.2, 0.25) is 0 Å². The van der Waals surface area contributed by atoms with Gasteiger partial charge in [-0.2, -0.15) is 0 Å². The van der Waals surface area contributed by atoms with Crippen LogP contribution in [0.15, 0.2) is 47.7 Å². The molecule has 0 bridgehead atoms. The lowest BCUT2D eigenvalue weighted by Gasteiger charge is -2.17. The number of nitrogens with one attached hydrogen (secondary N) is 1. The highest BCUT2D eigenvalue weighted by Crippen LogP contribution is 2.22. The van der Waals surface area contributed by atoms with E-state index < -0.39 is 11.4 Å². The molecule has 0 aliphatic rings. The largest absolute Gasteiger partial charge is 0.390 e. The van der Waals surface area contributed by atoms with Crippen LogP contribution in [0.3, 0.4) is 0 Å². The van der Waals surface area contributed by atoms with Crippen molar-refractivity contribution in [2.75, 3.05) is 18.9 Å². The first-order valence-corrected chi connectivity index (χ1v) is 9.38. The summed E-state index contributed by atoms with van der Waals surface area (Å²) in [5.74, 6) is -0.815. The first-order valence-electron chi connectivity index (χ1n) is 9.38. The van der Waals surface area contributed by atoms with Crippen molar-refractivity contribution >= 4 is 23.6 Å². The topological polar surface area (TPSA) is 57.5 Å². The lowest BCUT2D eigenvalue weighted by atomic mass is 9.98. The van der Waals surface area contributed by atoms with Gasteiger partial charge >= 0.3 is 0 Å². The molecule has 0 spiro atoms. The second kappa shape index (κ2) is 10.1. The molecule has 2 aromatic rings. The summed E-state index contributed by atoms with van der Waals surface area (Å²) in [6.45, 7) is 5.53. The summed E-state index contributed by atoms with van der Waals surface area (Å²) in [6.07, 6.45) is 10.0. The number of pyridine rings is 1. The van der Waals surface area contributed by atoms with E-state index in [1.54, 1.807) is 63.7 Å². The highest BCUT2D eigenvalue weighted by atomic mass is 19.1. The van der Waals surface area contributed by atoms with E-state index in [0.717, 1.165) is 5.56 Å². The molecule has 1 heterocycles. The maximum absolute atomic E-state index is 14.3. The molecular formula is C23H27F2N3O. The second-order valence-corrected chi connectivity index (χ2v) is 7.30. The molecule has 0 unspecified atom stereocenters. The Labute approximate surface area is 170 Å². The normalized spacial score (nSPS) is 12.9. The number of nitrogens with zero attached hydrogens (tertiary/aromatic N) is 2. The van der Waals surface area contributed by atoms with Crippen LogP contribution in [0.1, 0.15) is 37.5 Å². The number of hydrogen-bond acceptors (Lipinski definition) is 4. The molecule has 0 saturated carbocycles. The van der Waals surface area contributed by atoms with Gasteiger partial charge in [-0.05, 0) is 44.0 Å². The van der Waals surface area contributed by atoms with Gasteiger partial charge in [0, 0.05) is 43.6 Å². The Hall–Kier alpha value is -2.86. The number of anilines is 1. The van der Waals surface area contributed by atoms with Gasteiger partial charge in [-0.3, -0.25) is 9.98 Å². The Morgan fingerprint density at radius 3 is 2.62 bits per heavy atom. The lowest BCUT2D eigenvalue weighted by molar-refractivity contribution is 0.0809. The standard InChI is InChI=1S/C23H27F2N3O/c1-5-17(13-26-4)22-18(14-27-15-20(22)25)7-6-10-28-21-9-8-16(11-19(21)24)12-23(2,3)29/h5-9,11,13-15,28-29H,10,12H2,1-4H3/b7-6+,17-5+,26-13-. The quantitative estimate of drug-likeness (QED) is 0.621. The van der Waals surface area contributed by atoms with E-state index in [0.29, 0.717) is 35.4 Å². The van der Waals surface area contributed by atoms with E-state index in [4.69, 9.17) is 0 Å². The van der Waals surface area contributed by atoms with Crippen molar-refractivity contribution in [2.24, 2.45) is 4.99 Å². The zero-order valence-electron chi connectivity index (χ0n) is 17.2. The average Bonchev–Trinajstić information content (AvgIpc) is 2.64. The van der Waals surface area contributed by atoms with Crippen molar-refractivity contribution in [1.29, 1.82) is 0 Å². The third kappa shape index (κ3) is 6.61. The zero-order valence-corrected chi connectivity index (χ0v) is 17.2.